The van der Waals surface area contributed by atoms with E-state index in [9.17, 15) is 5.11 Å². The van der Waals surface area contributed by atoms with Crippen molar-refractivity contribution in [3.05, 3.63) is 82.8 Å². The van der Waals surface area contributed by atoms with Gasteiger partial charge in [0.2, 0.25) is 0 Å². The highest BCUT2D eigenvalue weighted by Crippen LogP contribution is 2.31. The summed E-state index contributed by atoms with van der Waals surface area (Å²) in [6, 6.07) is 25.6. The Labute approximate surface area is 198 Å². The molecule has 1 fully saturated rings. The lowest BCUT2D eigenvalue weighted by Gasteiger charge is -2.35. The number of benzene rings is 3. The predicted molar refractivity (Wildman–Crippen MR) is 136 cm³/mol. The summed E-state index contributed by atoms with van der Waals surface area (Å²) in [4.78, 5) is 4.95. The Hall–Kier alpha value is -2.18. The van der Waals surface area contributed by atoms with E-state index in [0.29, 0.717) is 6.54 Å². The molecular formula is C27H30BrN3O. The van der Waals surface area contributed by atoms with Gasteiger partial charge < -0.3 is 14.6 Å². The first kappa shape index (κ1) is 21.7. The molecule has 0 radical (unpaired) electrons. The molecule has 1 saturated heterocycles. The lowest BCUT2D eigenvalue weighted by Crippen LogP contribution is -2.49. The molecule has 0 aliphatic carbocycles. The van der Waals surface area contributed by atoms with Crippen LogP contribution in [0.25, 0.3) is 21.8 Å². The molecule has 0 amide bonds. The minimum absolute atomic E-state index is 0.395. The maximum absolute atomic E-state index is 11.0. The van der Waals surface area contributed by atoms with Crippen LogP contribution in [0.1, 0.15) is 5.56 Å². The fourth-order valence-electron chi connectivity index (χ4n) is 4.92. The first-order valence-corrected chi connectivity index (χ1v) is 12.3. The lowest BCUT2D eigenvalue weighted by atomic mass is 10.1. The van der Waals surface area contributed by atoms with Gasteiger partial charge in [-0.2, -0.15) is 0 Å². The second-order valence-electron chi connectivity index (χ2n) is 8.82. The van der Waals surface area contributed by atoms with Gasteiger partial charge in [0.15, 0.2) is 0 Å². The van der Waals surface area contributed by atoms with Crippen LogP contribution < -0.4 is 0 Å². The Morgan fingerprint density at radius 3 is 2.25 bits per heavy atom. The van der Waals surface area contributed by atoms with Gasteiger partial charge in [0.25, 0.3) is 0 Å². The van der Waals surface area contributed by atoms with Gasteiger partial charge in [-0.15, -0.1) is 0 Å². The van der Waals surface area contributed by atoms with Crippen LogP contribution in [-0.4, -0.2) is 64.8 Å². The SMILES string of the molecule is OC(CN1CCN(CCc2ccccc2)CC1)Cn1c2ccccc2c2cc(Br)ccc21. The van der Waals surface area contributed by atoms with E-state index in [2.05, 4.69) is 103 Å². The van der Waals surface area contributed by atoms with Crippen LogP contribution in [0.2, 0.25) is 0 Å². The van der Waals surface area contributed by atoms with E-state index in [-0.39, 0.29) is 0 Å². The Balaban J connectivity index is 1.19. The fourth-order valence-corrected chi connectivity index (χ4v) is 5.28. The monoisotopic (exact) mass is 491 g/mol. The molecular weight excluding hydrogens is 462 g/mol. The van der Waals surface area contributed by atoms with Crippen molar-refractivity contribution in [2.75, 3.05) is 39.3 Å². The van der Waals surface area contributed by atoms with Crippen LogP contribution in [0.15, 0.2) is 77.3 Å². The van der Waals surface area contributed by atoms with Crippen molar-refractivity contribution in [2.45, 2.75) is 19.1 Å². The van der Waals surface area contributed by atoms with E-state index in [1.165, 1.54) is 27.4 Å². The number of halogens is 1. The molecule has 2 heterocycles. The Bertz CT molecular complexity index is 1180. The highest BCUT2D eigenvalue weighted by Gasteiger charge is 2.20. The maximum atomic E-state index is 11.0. The average Bonchev–Trinajstić information content (AvgIpc) is 3.12. The number of rotatable bonds is 7. The molecule has 0 saturated carbocycles. The van der Waals surface area contributed by atoms with Crippen LogP contribution in [0.4, 0.5) is 0 Å². The molecule has 5 heteroatoms. The zero-order valence-corrected chi connectivity index (χ0v) is 19.9. The molecule has 32 heavy (non-hydrogen) atoms. The van der Waals surface area contributed by atoms with Gasteiger partial charge >= 0.3 is 0 Å². The van der Waals surface area contributed by atoms with E-state index < -0.39 is 6.10 Å². The van der Waals surface area contributed by atoms with Crippen molar-refractivity contribution in [2.24, 2.45) is 0 Å². The number of hydrogen-bond acceptors (Lipinski definition) is 3. The van der Waals surface area contributed by atoms with Gasteiger partial charge in [-0.25, -0.2) is 0 Å². The molecule has 1 aromatic heterocycles. The van der Waals surface area contributed by atoms with Crippen molar-refractivity contribution in [3.63, 3.8) is 0 Å². The Morgan fingerprint density at radius 2 is 1.44 bits per heavy atom. The van der Waals surface area contributed by atoms with Crippen LogP contribution in [0.3, 0.4) is 0 Å². The number of aliphatic hydroxyl groups excluding tert-OH is 1. The summed E-state index contributed by atoms with van der Waals surface area (Å²) in [6.07, 6.45) is 0.710. The highest BCUT2D eigenvalue weighted by molar-refractivity contribution is 9.10. The van der Waals surface area contributed by atoms with E-state index in [1.807, 2.05) is 0 Å². The third kappa shape index (κ3) is 4.76. The molecule has 1 unspecified atom stereocenters. The van der Waals surface area contributed by atoms with Crippen LogP contribution in [0, 0.1) is 0 Å². The zero-order chi connectivity index (χ0) is 21.9. The minimum atomic E-state index is -0.395. The van der Waals surface area contributed by atoms with Crippen molar-refractivity contribution in [3.8, 4) is 0 Å². The second-order valence-corrected chi connectivity index (χ2v) is 9.74. The van der Waals surface area contributed by atoms with Crippen molar-refractivity contribution < 1.29 is 5.11 Å². The van der Waals surface area contributed by atoms with E-state index >= 15 is 0 Å². The summed E-state index contributed by atoms with van der Waals surface area (Å²) in [5.74, 6) is 0. The second kappa shape index (κ2) is 9.75. The van der Waals surface area contributed by atoms with Gasteiger partial charge in [-0.05, 0) is 36.2 Å². The lowest BCUT2D eigenvalue weighted by molar-refractivity contribution is 0.0659. The third-order valence-corrected chi connectivity index (χ3v) is 7.11. The summed E-state index contributed by atoms with van der Waals surface area (Å²) in [6.45, 7) is 6.62. The summed E-state index contributed by atoms with van der Waals surface area (Å²) < 4.78 is 3.36. The summed E-state index contributed by atoms with van der Waals surface area (Å²) in [5, 5.41) is 13.4. The van der Waals surface area contributed by atoms with Crippen molar-refractivity contribution in [1.82, 2.24) is 14.4 Å². The molecule has 4 nitrogen and oxygen atoms in total. The number of aromatic nitrogens is 1. The zero-order valence-electron chi connectivity index (χ0n) is 18.3. The predicted octanol–water partition coefficient (Wildman–Crippen LogP) is 4.78. The Kier molecular flexibility index (Phi) is 6.60. The van der Waals surface area contributed by atoms with Crippen LogP contribution >= 0.6 is 15.9 Å². The number of para-hydroxylation sites is 1. The van der Waals surface area contributed by atoms with E-state index in [4.69, 9.17) is 0 Å². The summed E-state index contributed by atoms with van der Waals surface area (Å²) >= 11 is 3.60. The summed E-state index contributed by atoms with van der Waals surface area (Å²) in [7, 11) is 0. The van der Waals surface area contributed by atoms with Gasteiger partial charge in [-0.1, -0.05) is 64.5 Å². The van der Waals surface area contributed by atoms with E-state index in [0.717, 1.165) is 50.2 Å². The van der Waals surface area contributed by atoms with Gasteiger partial charge in [-0.3, -0.25) is 4.90 Å². The standard InChI is InChI=1S/C27H30BrN3O/c28-22-10-11-27-25(18-22)24-8-4-5-9-26(24)31(27)20-23(32)19-30-16-14-29(15-17-30)13-12-21-6-2-1-3-7-21/h1-11,18,23,32H,12-17,19-20H2. The van der Waals surface area contributed by atoms with Crippen LogP contribution in [0.5, 0.6) is 0 Å². The minimum Gasteiger partial charge on any atom is -0.390 e. The Morgan fingerprint density at radius 1 is 0.750 bits per heavy atom. The molecule has 0 bridgehead atoms. The number of aliphatic hydroxyl groups is 1. The topological polar surface area (TPSA) is 31.6 Å². The van der Waals surface area contributed by atoms with Crippen molar-refractivity contribution in [1.29, 1.82) is 0 Å². The first-order valence-electron chi connectivity index (χ1n) is 11.5. The van der Waals surface area contributed by atoms with Crippen LogP contribution in [-0.2, 0) is 13.0 Å². The number of β-amino-alcohol motifs (C(OH)–C–C–N with tert-alkyl or cyclic N) is 1. The van der Waals surface area contributed by atoms with Gasteiger partial charge in [0.05, 0.1) is 12.6 Å². The fraction of sp³-hybridized carbons (Fsp3) is 0.333. The average molecular weight is 492 g/mol. The number of fused-ring (bicyclic) bond motifs is 3. The molecule has 3 aromatic carbocycles. The smallest absolute Gasteiger partial charge is 0.0845 e. The van der Waals surface area contributed by atoms with Crippen molar-refractivity contribution >= 4 is 37.7 Å². The molecule has 1 aliphatic rings. The third-order valence-electron chi connectivity index (χ3n) is 6.62. The quantitative estimate of drug-likeness (QED) is 0.403. The van der Waals surface area contributed by atoms with Gasteiger partial charge in [0, 0.05) is 65.5 Å². The normalized spacial score (nSPS) is 16.7. The number of hydrogen-bond donors (Lipinski definition) is 1. The molecule has 5 rings (SSSR count). The number of piperazine rings is 1. The largest absolute Gasteiger partial charge is 0.390 e. The summed E-state index contributed by atoms with van der Waals surface area (Å²) in [5.41, 5.74) is 3.77. The molecule has 4 aromatic rings. The maximum Gasteiger partial charge on any atom is 0.0845 e. The molecule has 1 aliphatic heterocycles. The molecule has 166 valence electrons. The molecule has 0 spiro atoms. The number of nitrogens with zero attached hydrogens (tertiary/aromatic N) is 3. The molecule has 1 N–H and O–H groups in total. The van der Waals surface area contributed by atoms with E-state index in [1.54, 1.807) is 0 Å². The highest BCUT2D eigenvalue weighted by atomic mass is 79.9. The van der Waals surface area contributed by atoms with Gasteiger partial charge in [0.1, 0.15) is 0 Å². The molecule has 1 atom stereocenters. The first-order chi connectivity index (χ1) is 15.7.